The van der Waals surface area contributed by atoms with E-state index in [0.717, 1.165) is 38.4 Å². The van der Waals surface area contributed by atoms with Crippen LogP contribution in [0.1, 0.15) is 57.2 Å². The van der Waals surface area contributed by atoms with Gasteiger partial charge in [0.15, 0.2) is 5.96 Å². The molecule has 2 N–H and O–H groups in total. The van der Waals surface area contributed by atoms with Crippen LogP contribution in [-0.2, 0) is 12.8 Å². The third-order valence-electron chi connectivity index (χ3n) is 4.66. The molecule has 1 fully saturated rings. The van der Waals surface area contributed by atoms with Crippen molar-refractivity contribution in [1.82, 2.24) is 15.6 Å². The topological polar surface area (TPSA) is 49.3 Å². The van der Waals surface area contributed by atoms with Gasteiger partial charge in [0.2, 0.25) is 0 Å². The van der Waals surface area contributed by atoms with Gasteiger partial charge in [-0.2, -0.15) is 0 Å². The Kier molecular flexibility index (Phi) is 6.68. The number of hydrogen-bond donors (Lipinski definition) is 2. The normalized spacial score (nSPS) is 17.1. The molecule has 0 aliphatic heterocycles. The van der Waals surface area contributed by atoms with Crippen molar-refractivity contribution in [2.45, 2.75) is 59.3 Å². The van der Waals surface area contributed by atoms with E-state index in [1.165, 1.54) is 36.4 Å². The number of hydrogen-bond acceptors (Lipinski definition) is 3. The zero-order chi connectivity index (χ0) is 15.8. The number of thiazole rings is 1. The fourth-order valence-electron chi connectivity index (χ4n) is 2.82. The zero-order valence-electron chi connectivity index (χ0n) is 14.2. The van der Waals surface area contributed by atoms with Crippen LogP contribution in [-0.4, -0.2) is 30.6 Å². The van der Waals surface area contributed by atoms with Crippen molar-refractivity contribution >= 4 is 17.3 Å². The first-order chi connectivity index (χ1) is 10.7. The van der Waals surface area contributed by atoms with Crippen molar-refractivity contribution in [3.8, 4) is 0 Å². The highest BCUT2D eigenvalue weighted by Crippen LogP contribution is 2.43. The molecule has 0 aromatic carbocycles. The predicted octanol–water partition coefficient (Wildman–Crippen LogP) is 3.38. The maximum absolute atomic E-state index is 4.81. The Morgan fingerprint density at radius 1 is 1.32 bits per heavy atom. The Balaban J connectivity index is 1.80. The number of aliphatic imine (C=N–C) groups is 1. The molecule has 1 aromatic rings. The summed E-state index contributed by atoms with van der Waals surface area (Å²) in [5, 5.41) is 10.2. The number of aryl methyl sites for hydroxylation is 1. The SMILES string of the molecule is CCNC(=NCC1(CC)CCC1)NCCc1csc(CC)n1. The van der Waals surface area contributed by atoms with E-state index >= 15 is 0 Å². The van der Waals surface area contributed by atoms with Gasteiger partial charge in [0, 0.05) is 31.4 Å². The Bertz CT molecular complexity index is 471. The van der Waals surface area contributed by atoms with E-state index in [1.54, 1.807) is 11.3 Å². The second-order valence-corrected chi connectivity index (χ2v) is 7.11. The average Bonchev–Trinajstić information content (AvgIpc) is 2.94. The molecule has 1 aliphatic carbocycles. The summed E-state index contributed by atoms with van der Waals surface area (Å²) in [5.74, 6) is 0.952. The highest BCUT2D eigenvalue weighted by atomic mass is 32.1. The summed E-state index contributed by atoms with van der Waals surface area (Å²) >= 11 is 1.76. The van der Waals surface area contributed by atoms with Crippen LogP contribution in [0.4, 0.5) is 0 Å². The second-order valence-electron chi connectivity index (χ2n) is 6.17. The van der Waals surface area contributed by atoms with Crippen LogP contribution in [0.3, 0.4) is 0 Å². The minimum Gasteiger partial charge on any atom is -0.357 e. The molecule has 0 amide bonds. The molecule has 5 heteroatoms. The summed E-state index contributed by atoms with van der Waals surface area (Å²) in [7, 11) is 0. The lowest BCUT2D eigenvalue weighted by molar-refractivity contribution is 0.139. The lowest BCUT2D eigenvalue weighted by Gasteiger charge is -2.40. The van der Waals surface area contributed by atoms with Crippen molar-refractivity contribution in [3.05, 3.63) is 16.1 Å². The van der Waals surface area contributed by atoms with Crippen molar-refractivity contribution in [2.75, 3.05) is 19.6 Å². The highest BCUT2D eigenvalue weighted by molar-refractivity contribution is 7.09. The van der Waals surface area contributed by atoms with Gasteiger partial charge in [-0.05, 0) is 38.0 Å². The van der Waals surface area contributed by atoms with Crippen molar-refractivity contribution in [3.63, 3.8) is 0 Å². The molecule has 4 nitrogen and oxygen atoms in total. The van der Waals surface area contributed by atoms with Crippen molar-refractivity contribution in [1.29, 1.82) is 0 Å². The van der Waals surface area contributed by atoms with E-state index in [9.17, 15) is 0 Å². The molecule has 2 rings (SSSR count). The lowest BCUT2D eigenvalue weighted by Crippen LogP contribution is -2.40. The first kappa shape index (κ1) is 17.3. The van der Waals surface area contributed by atoms with E-state index in [0.29, 0.717) is 5.41 Å². The number of nitrogens with one attached hydrogen (secondary N) is 2. The summed E-state index contributed by atoms with van der Waals surface area (Å²) < 4.78 is 0. The van der Waals surface area contributed by atoms with Crippen LogP contribution in [0.15, 0.2) is 10.4 Å². The average molecular weight is 323 g/mol. The Morgan fingerprint density at radius 2 is 2.14 bits per heavy atom. The number of guanidine groups is 1. The predicted molar refractivity (Wildman–Crippen MR) is 95.8 cm³/mol. The highest BCUT2D eigenvalue weighted by Gasteiger charge is 2.34. The summed E-state index contributed by atoms with van der Waals surface area (Å²) in [6.07, 6.45) is 7.28. The molecular formula is C17H30N4S. The van der Waals surface area contributed by atoms with Crippen LogP contribution < -0.4 is 10.6 Å². The largest absolute Gasteiger partial charge is 0.357 e. The smallest absolute Gasteiger partial charge is 0.191 e. The minimum absolute atomic E-state index is 0.479. The van der Waals surface area contributed by atoms with Gasteiger partial charge in [0.25, 0.3) is 0 Å². The van der Waals surface area contributed by atoms with E-state index in [2.05, 4.69) is 41.8 Å². The van der Waals surface area contributed by atoms with Crippen LogP contribution >= 0.6 is 11.3 Å². The van der Waals surface area contributed by atoms with Gasteiger partial charge in [-0.25, -0.2) is 4.98 Å². The Hall–Kier alpha value is -1.10. The fraction of sp³-hybridized carbons (Fsp3) is 0.765. The monoisotopic (exact) mass is 322 g/mol. The van der Waals surface area contributed by atoms with Gasteiger partial charge in [-0.3, -0.25) is 4.99 Å². The van der Waals surface area contributed by atoms with E-state index in [4.69, 9.17) is 4.99 Å². The molecule has 0 spiro atoms. The third-order valence-corrected chi connectivity index (χ3v) is 5.70. The maximum atomic E-state index is 4.81. The Labute approximate surface area is 138 Å². The van der Waals surface area contributed by atoms with Crippen molar-refractivity contribution in [2.24, 2.45) is 10.4 Å². The van der Waals surface area contributed by atoms with Gasteiger partial charge >= 0.3 is 0 Å². The van der Waals surface area contributed by atoms with Gasteiger partial charge in [0.1, 0.15) is 0 Å². The van der Waals surface area contributed by atoms with Gasteiger partial charge in [-0.1, -0.05) is 20.3 Å². The molecule has 1 aliphatic rings. The van der Waals surface area contributed by atoms with Crippen LogP contribution in [0.5, 0.6) is 0 Å². The van der Waals surface area contributed by atoms with Crippen molar-refractivity contribution < 1.29 is 0 Å². The Morgan fingerprint density at radius 3 is 2.68 bits per heavy atom. The molecule has 1 saturated carbocycles. The molecule has 0 atom stereocenters. The van der Waals surface area contributed by atoms with E-state index in [-0.39, 0.29) is 0 Å². The summed E-state index contributed by atoms with van der Waals surface area (Å²) in [6, 6.07) is 0. The first-order valence-electron chi connectivity index (χ1n) is 8.67. The molecular weight excluding hydrogens is 292 g/mol. The zero-order valence-corrected chi connectivity index (χ0v) is 15.1. The molecule has 0 saturated heterocycles. The van der Waals surface area contributed by atoms with Gasteiger partial charge in [-0.15, -0.1) is 11.3 Å². The lowest BCUT2D eigenvalue weighted by atomic mass is 9.67. The van der Waals surface area contributed by atoms with Crippen LogP contribution in [0.25, 0.3) is 0 Å². The van der Waals surface area contributed by atoms with Gasteiger partial charge < -0.3 is 10.6 Å². The molecule has 0 radical (unpaired) electrons. The summed E-state index contributed by atoms with van der Waals surface area (Å²) in [4.78, 5) is 9.42. The van der Waals surface area contributed by atoms with Crippen LogP contribution in [0, 0.1) is 5.41 Å². The van der Waals surface area contributed by atoms with Gasteiger partial charge in [0.05, 0.1) is 10.7 Å². The maximum Gasteiger partial charge on any atom is 0.191 e. The molecule has 1 aromatic heterocycles. The molecule has 22 heavy (non-hydrogen) atoms. The second kappa shape index (κ2) is 8.51. The van der Waals surface area contributed by atoms with Crippen LogP contribution in [0.2, 0.25) is 0 Å². The molecule has 124 valence electrons. The number of aromatic nitrogens is 1. The third kappa shape index (κ3) is 4.70. The minimum atomic E-state index is 0.479. The summed E-state index contributed by atoms with van der Waals surface area (Å²) in [6.45, 7) is 9.31. The molecule has 0 bridgehead atoms. The quantitative estimate of drug-likeness (QED) is 0.570. The molecule has 1 heterocycles. The fourth-order valence-corrected chi connectivity index (χ4v) is 3.60. The summed E-state index contributed by atoms with van der Waals surface area (Å²) in [5.41, 5.74) is 1.67. The van der Waals surface area contributed by atoms with E-state index in [1.807, 2.05) is 0 Å². The van der Waals surface area contributed by atoms with E-state index < -0.39 is 0 Å². The first-order valence-corrected chi connectivity index (χ1v) is 9.54. The standard InChI is InChI=1S/C17H30N4S/c1-4-15-21-14(12-22-15)8-11-19-16(18-6-3)20-13-17(5-2)9-7-10-17/h12H,4-11,13H2,1-3H3,(H2,18,19,20). The molecule has 0 unspecified atom stereocenters. The number of rotatable bonds is 8. The number of nitrogens with zero attached hydrogens (tertiary/aromatic N) is 2.